The molecular weight excluding hydrogens is 460 g/mol. The van der Waals surface area contributed by atoms with Crippen LogP contribution in [0.5, 0.6) is 0 Å². The van der Waals surface area contributed by atoms with Crippen LogP contribution in [0.4, 0.5) is 17.1 Å². The third-order valence-corrected chi connectivity index (χ3v) is 5.87. The third kappa shape index (κ3) is 5.39. The summed E-state index contributed by atoms with van der Waals surface area (Å²) < 4.78 is 28.2. The van der Waals surface area contributed by atoms with Gasteiger partial charge in [-0.3, -0.25) is 20.3 Å². The van der Waals surface area contributed by atoms with Gasteiger partial charge in [0.25, 0.3) is 15.7 Å². The van der Waals surface area contributed by atoms with Gasteiger partial charge >= 0.3 is 5.97 Å². The lowest BCUT2D eigenvalue weighted by molar-refractivity contribution is -0.385. The van der Waals surface area contributed by atoms with Crippen LogP contribution >= 0.6 is 11.6 Å². The molecule has 0 radical (unpaired) electrons. The largest absolute Gasteiger partial charge is 0.478 e. The number of carbonyl (C=O) groups is 1. The molecule has 0 heterocycles. The van der Waals surface area contributed by atoms with Crippen molar-refractivity contribution in [1.82, 2.24) is 0 Å². The molecule has 3 rings (SSSR count). The lowest BCUT2D eigenvalue weighted by Gasteiger charge is -2.12. The molecule has 164 valence electrons. The number of nitrogens with zero attached hydrogens (tertiary/aromatic N) is 2. The van der Waals surface area contributed by atoms with Gasteiger partial charge in [-0.1, -0.05) is 35.9 Å². The van der Waals surface area contributed by atoms with Crippen LogP contribution in [0.2, 0.25) is 5.02 Å². The van der Waals surface area contributed by atoms with Crippen molar-refractivity contribution >= 4 is 50.9 Å². The Hall–Kier alpha value is -3.96. The first kappa shape index (κ1) is 22.7. The molecule has 3 aromatic carbocycles. The molecule has 0 bridgehead atoms. The van der Waals surface area contributed by atoms with E-state index in [4.69, 9.17) is 16.7 Å². The fourth-order valence-corrected chi connectivity index (χ4v) is 4.07. The maximum Gasteiger partial charge on any atom is 0.335 e. The zero-order chi connectivity index (χ0) is 23.3. The first-order valence-corrected chi connectivity index (χ1v) is 10.7. The van der Waals surface area contributed by atoms with Gasteiger partial charge in [0.05, 0.1) is 33.1 Å². The van der Waals surface area contributed by atoms with Crippen LogP contribution in [0.3, 0.4) is 0 Å². The van der Waals surface area contributed by atoms with Crippen molar-refractivity contribution in [2.24, 2.45) is 5.10 Å². The minimum absolute atomic E-state index is 0.0199. The number of carboxylic acids is 1. The number of benzene rings is 3. The van der Waals surface area contributed by atoms with Gasteiger partial charge in [0.2, 0.25) is 0 Å². The van der Waals surface area contributed by atoms with Crippen molar-refractivity contribution in [3.63, 3.8) is 0 Å². The van der Waals surface area contributed by atoms with Crippen LogP contribution in [0.15, 0.2) is 76.7 Å². The van der Waals surface area contributed by atoms with Crippen LogP contribution < -0.4 is 10.1 Å². The van der Waals surface area contributed by atoms with Crippen molar-refractivity contribution in [2.75, 3.05) is 10.1 Å². The Kier molecular flexibility index (Phi) is 6.71. The summed E-state index contributed by atoms with van der Waals surface area (Å²) in [4.78, 5) is 20.9. The van der Waals surface area contributed by atoms with E-state index < -0.39 is 31.5 Å². The number of nitrogens with one attached hydrogen (secondary N) is 2. The fraction of sp³-hybridized carbons (Fsp3) is 0. The summed E-state index contributed by atoms with van der Waals surface area (Å²) in [5.41, 5.74) is 2.85. The van der Waals surface area contributed by atoms with Crippen molar-refractivity contribution in [3.05, 3.63) is 93.0 Å². The summed E-state index contributed by atoms with van der Waals surface area (Å²) in [6.45, 7) is 0. The molecule has 0 aliphatic heterocycles. The number of anilines is 2. The summed E-state index contributed by atoms with van der Waals surface area (Å²) in [7, 11) is -4.27. The maximum atomic E-state index is 12.9. The van der Waals surface area contributed by atoms with E-state index in [-0.39, 0.29) is 22.0 Å². The Bertz CT molecular complexity index is 1310. The number of hydrogen-bond acceptors (Lipinski definition) is 7. The zero-order valence-electron chi connectivity index (χ0n) is 16.1. The molecular formula is C20H15ClN4O6S. The molecule has 10 nitrogen and oxygen atoms in total. The Morgan fingerprint density at radius 1 is 1.06 bits per heavy atom. The number of aromatic carboxylic acids is 1. The lowest BCUT2D eigenvalue weighted by atomic mass is 10.1. The summed E-state index contributed by atoms with van der Waals surface area (Å²) >= 11 is 6.01. The number of carboxylic acid groups (broad SMARTS) is 1. The number of para-hydroxylation sites is 1. The van der Waals surface area contributed by atoms with E-state index in [1.165, 1.54) is 48.7 Å². The number of nitro groups is 1. The van der Waals surface area contributed by atoms with Crippen LogP contribution in [0.1, 0.15) is 15.9 Å². The molecule has 0 spiro atoms. The van der Waals surface area contributed by atoms with Gasteiger partial charge in [-0.2, -0.15) is 5.10 Å². The van der Waals surface area contributed by atoms with Crippen molar-refractivity contribution in [1.29, 1.82) is 0 Å². The van der Waals surface area contributed by atoms with Crippen molar-refractivity contribution in [3.8, 4) is 0 Å². The van der Waals surface area contributed by atoms with Gasteiger partial charge in [0, 0.05) is 12.1 Å². The Balaban J connectivity index is 1.91. The maximum absolute atomic E-state index is 12.9. The first-order chi connectivity index (χ1) is 15.2. The molecule has 0 saturated heterocycles. The molecule has 0 saturated carbocycles. The van der Waals surface area contributed by atoms with Gasteiger partial charge in [0.15, 0.2) is 0 Å². The van der Waals surface area contributed by atoms with E-state index in [1.54, 1.807) is 12.1 Å². The number of rotatable bonds is 8. The molecule has 0 fully saturated rings. The highest BCUT2D eigenvalue weighted by Crippen LogP contribution is 2.30. The van der Waals surface area contributed by atoms with E-state index in [0.717, 1.165) is 12.1 Å². The summed E-state index contributed by atoms with van der Waals surface area (Å²) in [5.74, 6) is -1.07. The quantitative estimate of drug-likeness (QED) is 0.251. The predicted octanol–water partition coefficient (Wildman–Crippen LogP) is 4.19. The van der Waals surface area contributed by atoms with Crippen LogP contribution in [0.25, 0.3) is 0 Å². The first-order valence-electron chi connectivity index (χ1n) is 8.85. The number of sulfonamides is 1. The Morgan fingerprint density at radius 3 is 2.38 bits per heavy atom. The van der Waals surface area contributed by atoms with Crippen molar-refractivity contribution < 1.29 is 23.2 Å². The Labute approximate surface area is 187 Å². The topological polar surface area (TPSA) is 151 Å². The molecule has 3 aromatic rings. The second kappa shape index (κ2) is 9.45. The average Bonchev–Trinajstić information content (AvgIpc) is 2.75. The van der Waals surface area contributed by atoms with E-state index in [1.807, 2.05) is 0 Å². The molecule has 12 heteroatoms. The Morgan fingerprint density at radius 2 is 1.75 bits per heavy atom. The molecule has 0 unspecified atom stereocenters. The van der Waals surface area contributed by atoms with Gasteiger partial charge in [-0.15, -0.1) is 0 Å². The van der Waals surface area contributed by atoms with E-state index in [2.05, 4.69) is 15.2 Å². The van der Waals surface area contributed by atoms with E-state index >= 15 is 0 Å². The van der Waals surface area contributed by atoms with Gasteiger partial charge in [0.1, 0.15) is 4.90 Å². The summed E-state index contributed by atoms with van der Waals surface area (Å²) in [6, 6.07) is 15.2. The van der Waals surface area contributed by atoms with Gasteiger partial charge < -0.3 is 5.11 Å². The minimum atomic E-state index is -4.27. The smallest absolute Gasteiger partial charge is 0.335 e. The number of halogens is 1. The SMILES string of the molecule is O=C(O)c1ccc(/C=N/Nc2ccc([N+](=O)[O-])cc2S(=O)(=O)Nc2ccccc2Cl)cc1. The molecule has 3 N–H and O–H groups in total. The molecule has 0 amide bonds. The molecule has 0 aliphatic carbocycles. The van der Waals surface area contributed by atoms with Crippen LogP contribution in [-0.2, 0) is 10.0 Å². The predicted molar refractivity (Wildman–Crippen MR) is 120 cm³/mol. The monoisotopic (exact) mass is 474 g/mol. The number of nitro benzene ring substituents is 1. The number of hydrogen-bond donors (Lipinski definition) is 3. The fourth-order valence-electron chi connectivity index (χ4n) is 2.57. The molecule has 32 heavy (non-hydrogen) atoms. The normalized spacial score (nSPS) is 11.3. The van der Waals surface area contributed by atoms with E-state index in [0.29, 0.717) is 5.56 Å². The lowest BCUT2D eigenvalue weighted by Crippen LogP contribution is -2.15. The number of hydrazone groups is 1. The molecule has 0 aliphatic rings. The van der Waals surface area contributed by atoms with Crippen LogP contribution in [0, 0.1) is 10.1 Å². The average molecular weight is 475 g/mol. The molecule has 0 aromatic heterocycles. The highest BCUT2D eigenvalue weighted by atomic mass is 35.5. The van der Waals surface area contributed by atoms with Crippen molar-refractivity contribution in [2.45, 2.75) is 4.90 Å². The van der Waals surface area contributed by atoms with Gasteiger partial charge in [-0.05, 0) is 35.9 Å². The van der Waals surface area contributed by atoms with Crippen LogP contribution in [-0.4, -0.2) is 30.6 Å². The number of non-ortho nitro benzene ring substituents is 1. The van der Waals surface area contributed by atoms with E-state index in [9.17, 15) is 23.3 Å². The zero-order valence-corrected chi connectivity index (χ0v) is 17.7. The summed E-state index contributed by atoms with van der Waals surface area (Å²) in [5, 5.41) is 24.2. The second-order valence-corrected chi connectivity index (χ2v) is 8.38. The highest BCUT2D eigenvalue weighted by Gasteiger charge is 2.23. The minimum Gasteiger partial charge on any atom is -0.478 e. The standard InChI is InChI=1S/C20H15ClN4O6S/c21-16-3-1-2-4-17(16)24-32(30,31)19-11-15(25(28)29)9-10-18(19)23-22-12-13-5-7-14(8-6-13)20(26)27/h1-12,23-24H,(H,26,27)/b22-12+. The van der Waals surface area contributed by atoms with Gasteiger partial charge in [-0.25, -0.2) is 13.2 Å². The highest BCUT2D eigenvalue weighted by molar-refractivity contribution is 7.93. The molecule has 0 atom stereocenters. The third-order valence-electron chi connectivity index (χ3n) is 4.14. The second-order valence-electron chi connectivity index (χ2n) is 6.32. The summed E-state index contributed by atoms with van der Waals surface area (Å²) in [6.07, 6.45) is 1.34.